The summed E-state index contributed by atoms with van der Waals surface area (Å²) >= 11 is 5.97. The van der Waals surface area contributed by atoms with Crippen molar-refractivity contribution < 1.29 is 0 Å². The molecule has 0 bridgehead atoms. The molecule has 0 unspecified atom stereocenters. The first-order valence-electron chi connectivity index (χ1n) is 5.33. The highest BCUT2D eigenvalue weighted by atomic mass is 35.5. The lowest BCUT2D eigenvalue weighted by atomic mass is 10.2. The van der Waals surface area contributed by atoms with E-state index in [4.69, 9.17) is 11.6 Å². The molecule has 2 rings (SSSR count). The first-order valence-corrected chi connectivity index (χ1v) is 5.71. The maximum Gasteiger partial charge on any atom is 0.133 e. The molecule has 1 saturated carbocycles. The Morgan fingerprint density at radius 2 is 2.13 bits per heavy atom. The molecular formula is C11H16ClN3. The third kappa shape index (κ3) is 3.14. The van der Waals surface area contributed by atoms with Crippen LogP contribution in [-0.4, -0.2) is 35.5 Å². The fraction of sp³-hybridized carbons (Fsp3) is 0.636. The van der Waals surface area contributed by atoms with Gasteiger partial charge in [0.05, 0.1) is 0 Å². The van der Waals surface area contributed by atoms with Gasteiger partial charge in [0, 0.05) is 24.6 Å². The smallest absolute Gasteiger partial charge is 0.133 e. The Kier molecular flexibility index (Phi) is 3.22. The summed E-state index contributed by atoms with van der Waals surface area (Å²) in [5.41, 5.74) is 1.13. The Bertz CT molecular complexity index is 348. The van der Waals surface area contributed by atoms with E-state index in [0.717, 1.165) is 24.5 Å². The Labute approximate surface area is 95.5 Å². The molecule has 1 fully saturated rings. The van der Waals surface area contributed by atoms with Crippen LogP contribution in [0.5, 0.6) is 0 Å². The van der Waals surface area contributed by atoms with Gasteiger partial charge >= 0.3 is 0 Å². The molecule has 82 valence electrons. The first kappa shape index (κ1) is 10.8. The molecule has 0 spiro atoms. The summed E-state index contributed by atoms with van der Waals surface area (Å²) in [6.07, 6.45) is 3.37. The van der Waals surface area contributed by atoms with Crippen molar-refractivity contribution >= 4 is 11.6 Å². The van der Waals surface area contributed by atoms with Crippen molar-refractivity contribution in [3.63, 3.8) is 0 Å². The topological polar surface area (TPSA) is 29.0 Å². The second kappa shape index (κ2) is 4.45. The SMILES string of the molecule is CN(C)CCc1nc(Cl)cc(C2CC2)n1. The van der Waals surface area contributed by atoms with E-state index in [-0.39, 0.29) is 0 Å². The first-order chi connectivity index (χ1) is 7.15. The molecule has 0 atom stereocenters. The van der Waals surface area contributed by atoms with Crippen molar-refractivity contribution in [1.29, 1.82) is 0 Å². The Morgan fingerprint density at radius 3 is 2.73 bits per heavy atom. The van der Waals surface area contributed by atoms with Gasteiger partial charge in [-0.1, -0.05) is 11.6 Å². The van der Waals surface area contributed by atoms with E-state index in [0.29, 0.717) is 11.1 Å². The van der Waals surface area contributed by atoms with E-state index in [2.05, 4.69) is 14.9 Å². The van der Waals surface area contributed by atoms with Crippen LogP contribution in [0.2, 0.25) is 5.15 Å². The molecule has 15 heavy (non-hydrogen) atoms. The monoisotopic (exact) mass is 225 g/mol. The number of hydrogen-bond donors (Lipinski definition) is 0. The fourth-order valence-corrected chi connectivity index (χ4v) is 1.72. The normalized spacial score (nSPS) is 16.0. The van der Waals surface area contributed by atoms with Gasteiger partial charge in [0.25, 0.3) is 0 Å². The zero-order chi connectivity index (χ0) is 10.8. The van der Waals surface area contributed by atoms with Gasteiger partial charge in [-0.05, 0) is 33.0 Å². The molecular weight excluding hydrogens is 210 g/mol. The van der Waals surface area contributed by atoms with Crippen molar-refractivity contribution in [1.82, 2.24) is 14.9 Å². The van der Waals surface area contributed by atoms with E-state index >= 15 is 0 Å². The van der Waals surface area contributed by atoms with Crippen LogP contribution in [-0.2, 0) is 6.42 Å². The van der Waals surface area contributed by atoms with E-state index < -0.39 is 0 Å². The maximum absolute atomic E-state index is 5.97. The quantitative estimate of drug-likeness (QED) is 0.735. The van der Waals surface area contributed by atoms with Gasteiger partial charge in [-0.15, -0.1) is 0 Å². The highest BCUT2D eigenvalue weighted by molar-refractivity contribution is 6.29. The standard InChI is InChI=1S/C11H16ClN3/c1-15(2)6-5-11-13-9(8-3-4-8)7-10(12)14-11/h7-8H,3-6H2,1-2H3. The highest BCUT2D eigenvalue weighted by Gasteiger charge is 2.25. The number of halogens is 1. The van der Waals surface area contributed by atoms with E-state index in [1.165, 1.54) is 12.8 Å². The number of rotatable bonds is 4. The van der Waals surface area contributed by atoms with Crippen LogP contribution in [0.15, 0.2) is 6.07 Å². The molecule has 1 aliphatic carbocycles. The Balaban J connectivity index is 2.09. The summed E-state index contributed by atoms with van der Waals surface area (Å²) in [4.78, 5) is 10.9. The van der Waals surface area contributed by atoms with Crippen molar-refractivity contribution in [3.05, 3.63) is 22.7 Å². The van der Waals surface area contributed by atoms with E-state index in [1.54, 1.807) is 0 Å². The lowest BCUT2D eigenvalue weighted by Crippen LogP contribution is -2.16. The molecule has 1 aromatic heterocycles. The molecule has 4 heteroatoms. The number of nitrogens with zero attached hydrogens (tertiary/aromatic N) is 3. The van der Waals surface area contributed by atoms with Crippen LogP contribution in [0.25, 0.3) is 0 Å². The number of likely N-dealkylation sites (N-methyl/N-ethyl adjacent to an activating group) is 1. The summed E-state index contributed by atoms with van der Waals surface area (Å²) in [5.74, 6) is 1.52. The predicted octanol–water partition coefficient (Wildman–Crippen LogP) is 2.11. The molecule has 0 aromatic carbocycles. The molecule has 0 radical (unpaired) electrons. The Morgan fingerprint density at radius 1 is 1.40 bits per heavy atom. The van der Waals surface area contributed by atoms with E-state index in [9.17, 15) is 0 Å². The van der Waals surface area contributed by atoms with Gasteiger partial charge in [-0.2, -0.15) is 0 Å². The summed E-state index contributed by atoms with van der Waals surface area (Å²) in [6.45, 7) is 0.963. The summed E-state index contributed by atoms with van der Waals surface area (Å²) in [5, 5.41) is 0.584. The molecule has 1 aliphatic rings. The van der Waals surface area contributed by atoms with Gasteiger partial charge in [0.1, 0.15) is 11.0 Å². The van der Waals surface area contributed by atoms with Gasteiger partial charge in [-0.3, -0.25) is 0 Å². The molecule has 0 N–H and O–H groups in total. The van der Waals surface area contributed by atoms with Crippen molar-refractivity contribution in [3.8, 4) is 0 Å². The van der Waals surface area contributed by atoms with Crippen molar-refractivity contribution in [2.75, 3.05) is 20.6 Å². The number of hydrogen-bond acceptors (Lipinski definition) is 3. The van der Waals surface area contributed by atoms with Gasteiger partial charge in [0.2, 0.25) is 0 Å². The minimum absolute atomic E-state index is 0.584. The maximum atomic E-state index is 5.97. The molecule has 1 aromatic rings. The average Bonchev–Trinajstić information content (AvgIpc) is 2.97. The van der Waals surface area contributed by atoms with Crippen LogP contribution in [0.3, 0.4) is 0 Å². The molecule has 0 amide bonds. The van der Waals surface area contributed by atoms with Crippen LogP contribution in [0, 0.1) is 0 Å². The third-order valence-corrected chi connectivity index (χ3v) is 2.73. The molecule has 0 aliphatic heterocycles. The zero-order valence-electron chi connectivity index (χ0n) is 9.20. The van der Waals surface area contributed by atoms with E-state index in [1.807, 2.05) is 20.2 Å². The van der Waals surface area contributed by atoms with Crippen molar-refractivity contribution in [2.24, 2.45) is 0 Å². The fourth-order valence-electron chi connectivity index (χ4n) is 1.51. The zero-order valence-corrected chi connectivity index (χ0v) is 9.96. The van der Waals surface area contributed by atoms with Crippen molar-refractivity contribution in [2.45, 2.75) is 25.2 Å². The van der Waals surface area contributed by atoms with Gasteiger partial charge < -0.3 is 4.90 Å². The van der Waals surface area contributed by atoms with Crippen LogP contribution >= 0.6 is 11.6 Å². The largest absolute Gasteiger partial charge is 0.309 e. The minimum atomic E-state index is 0.584. The highest BCUT2D eigenvalue weighted by Crippen LogP contribution is 2.39. The second-order valence-corrected chi connectivity index (χ2v) is 4.75. The number of aromatic nitrogens is 2. The lowest BCUT2D eigenvalue weighted by molar-refractivity contribution is 0.409. The summed E-state index contributed by atoms with van der Waals surface area (Å²) < 4.78 is 0. The van der Waals surface area contributed by atoms with Crippen LogP contribution in [0.4, 0.5) is 0 Å². The Hall–Kier alpha value is -0.670. The van der Waals surface area contributed by atoms with Gasteiger partial charge in [-0.25, -0.2) is 9.97 Å². The lowest BCUT2D eigenvalue weighted by Gasteiger charge is -2.09. The summed E-state index contributed by atoms with van der Waals surface area (Å²) in [6, 6.07) is 1.90. The summed E-state index contributed by atoms with van der Waals surface area (Å²) in [7, 11) is 4.10. The minimum Gasteiger partial charge on any atom is -0.309 e. The average molecular weight is 226 g/mol. The molecule has 1 heterocycles. The molecule has 3 nitrogen and oxygen atoms in total. The predicted molar refractivity (Wildman–Crippen MR) is 61.3 cm³/mol. The van der Waals surface area contributed by atoms with Gasteiger partial charge in [0.15, 0.2) is 0 Å². The van der Waals surface area contributed by atoms with Crippen LogP contribution < -0.4 is 0 Å². The third-order valence-electron chi connectivity index (χ3n) is 2.54. The molecule has 0 saturated heterocycles. The second-order valence-electron chi connectivity index (χ2n) is 4.36. The van der Waals surface area contributed by atoms with Crippen LogP contribution in [0.1, 0.15) is 30.3 Å².